The fraction of sp³-hybridized carbons (Fsp3) is 0.0769. The third kappa shape index (κ3) is 1.53. The van der Waals surface area contributed by atoms with Gasteiger partial charge in [0, 0.05) is 4.90 Å². The van der Waals surface area contributed by atoms with Gasteiger partial charge in [-0.15, -0.1) is 0 Å². The van der Waals surface area contributed by atoms with Crippen molar-refractivity contribution in [3.63, 3.8) is 0 Å². The maximum absolute atomic E-state index is 9.79. The van der Waals surface area contributed by atoms with E-state index in [0.717, 1.165) is 12.2 Å². The Morgan fingerprint density at radius 2 is 1.75 bits per heavy atom. The molecular formula is C13H11NOS. The van der Waals surface area contributed by atoms with Crippen LogP contribution >= 0.6 is 11.9 Å². The highest BCUT2D eigenvalue weighted by Crippen LogP contribution is 2.42. The minimum atomic E-state index is 0.336. The molecule has 0 saturated heterocycles. The number of hydrogen-bond acceptors (Lipinski definition) is 3. The number of nitrogens with zero attached hydrogens (tertiary/aromatic N) is 1. The molecule has 0 saturated carbocycles. The number of aromatic hydroxyl groups is 1. The van der Waals surface area contributed by atoms with Gasteiger partial charge in [-0.2, -0.15) is 0 Å². The standard InChI is InChI=1S/C13H11NOS/c15-12-7-3-2-6-11(12)14-9-10-5-1-4-8-13(10)16-14/h1-8,15H,9H2. The van der Waals surface area contributed by atoms with Gasteiger partial charge in [0.1, 0.15) is 5.75 Å². The second-order valence-electron chi connectivity index (χ2n) is 3.72. The van der Waals surface area contributed by atoms with E-state index in [1.807, 2.05) is 30.3 Å². The first-order chi connectivity index (χ1) is 7.84. The molecule has 0 atom stereocenters. The molecule has 16 heavy (non-hydrogen) atoms. The van der Waals surface area contributed by atoms with E-state index < -0.39 is 0 Å². The predicted molar refractivity (Wildman–Crippen MR) is 66.6 cm³/mol. The van der Waals surface area contributed by atoms with E-state index in [1.165, 1.54) is 10.5 Å². The molecule has 1 N–H and O–H groups in total. The van der Waals surface area contributed by atoms with Crippen LogP contribution in [0.2, 0.25) is 0 Å². The lowest BCUT2D eigenvalue weighted by Crippen LogP contribution is -2.07. The summed E-state index contributed by atoms with van der Waals surface area (Å²) in [6.07, 6.45) is 0. The fourth-order valence-electron chi connectivity index (χ4n) is 1.84. The van der Waals surface area contributed by atoms with Crippen LogP contribution < -0.4 is 4.31 Å². The summed E-state index contributed by atoms with van der Waals surface area (Å²) in [7, 11) is 0. The minimum absolute atomic E-state index is 0.336. The van der Waals surface area contributed by atoms with Crippen LogP contribution in [0.5, 0.6) is 5.75 Å². The van der Waals surface area contributed by atoms with Crippen LogP contribution in [0.25, 0.3) is 0 Å². The van der Waals surface area contributed by atoms with E-state index in [9.17, 15) is 5.11 Å². The van der Waals surface area contributed by atoms with Crippen LogP contribution in [0, 0.1) is 0 Å². The Morgan fingerprint density at radius 1 is 1.00 bits per heavy atom. The van der Waals surface area contributed by atoms with Gasteiger partial charge < -0.3 is 9.41 Å². The molecule has 0 bridgehead atoms. The van der Waals surface area contributed by atoms with E-state index in [1.54, 1.807) is 18.0 Å². The smallest absolute Gasteiger partial charge is 0.139 e. The molecule has 0 radical (unpaired) electrons. The second-order valence-corrected chi connectivity index (χ2v) is 4.79. The van der Waals surface area contributed by atoms with Crippen LogP contribution in [0.3, 0.4) is 0 Å². The van der Waals surface area contributed by atoms with Crippen molar-refractivity contribution >= 4 is 17.6 Å². The van der Waals surface area contributed by atoms with Crippen LogP contribution in [0.4, 0.5) is 5.69 Å². The highest BCUT2D eigenvalue weighted by atomic mass is 32.2. The first kappa shape index (κ1) is 9.60. The van der Waals surface area contributed by atoms with Crippen molar-refractivity contribution in [2.45, 2.75) is 11.4 Å². The van der Waals surface area contributed by atoms with E-state index in [4.69, 9.17) is 0 Å². The predicted octanol–water partition coefficient (Wildman–Crippen LogP) is 3.42. The summed E-state index contributed by atoms with van der Waals surface area (Å²) < 4.78 is 2.11. The maximum atomic E-state index is 9.79. The first-order valence-electron chi connectivity index (χ1n) is 5.16. The Labute approximate surface area is 98.7 Å². The van der Waals surface area contributed by atoms with Gasteiger partial charge in [-0.25, -0.2) is 0 Å². The molecule has 0 fully saturated rings. The van der Waals surface area contributed by atoms with Crippen molar-refractivity contribution < 1.29 is 5.11 Å². The van der Waals surface area contributed by atoms with Crippen molar-refractivity contribution in [2.24, 2.45) is 0 Å². The number of para-hydroxylation sites is 2. The molecule has 0 aliphatic carbocycles. The van der Waals surface area contributed by atoms with Crippen molar-refractivity contribution in [3.05, 3.63) is 54.1 Å². The van der Waals surface area contributed by atoms with Crippen LogP contribution in [-0.2, 0) is 6.54 Å². The van der Waals surface area contributed by atoms with Crippen molar-refractivity contribution in [3.8, 4) is 5.75 Å². The normalized spacial score (nSPS) is 13.9. The third-order valence-electron chi connectivity index (χ3n) is 2.65. The Kier molecular flexibility index (Phi) is 2.26. The molecule has 2 aromatic carbocycles. The summed E-state index contributed by atoms with van der Waals surface area (Å²) in [4.78, 5) is 1.27. The second kappa shape index (κ2) is 3.76. The number of anilines is 1. The monoisotopic (exact) mass is 229 g/mol. The van der Waals surface area contributed by atoms with Crippen LogP contribution in [0.1, 0.15) is 5.56 Å². The summed E-state index contributed by atoms with van der Waals surface area (Å²) in [6.45, 7) is 0.846. The van der Waals surface area contributed by atoms with Crippen LogP contribution in [-0.4, -0.2) is 5.11 Å². The fourth-order valence-corrected chi connectivity index (χ4v) is 2.92. The highest BCUT2D eigenvalue weighted by molar-refractivity contribution is 8.01. The maximum Gasteiger partial charge on any atom is 0.139 e. The Balaban J connectivity index is 1.95. The third-order valence-corrected chi connectivity index (χ3v) is 3.79. The number of fused-ring (bicyclic) bond motifs is 1. The molecule has 2 nitrogen and oxygen atoms in total. The Hall–Kier alpha value is -1.61. The van der Waals surface area contributed by atoms with Crippen molar-refractivity contribution in [1.29, 1.82) is 0 Å². The van der Waals surface area contributed by atoms with Crippen molar-refractivity contribution in [1.82, 2.24) is 0 Å². The molecule has 0 spiro atoms. The zero-order chi connectivity index (χ0) is 11.0. The van der Waals surface area contributed by atoms with Gasteiger partial charge in [-0.1, -0.05) is 30.3 Å². The molecule has 3 rings (SSSR count). The quantitative estimate of drug-likeness (QED) is 0.758. The summed E-state index contributed by atoms with van der Waals surface area (Å²) in [5, 5.41) is 9.79. The topological polar surface area (TPSA) is 23.5 Å². The number of benzene rings is 2. The summed E-state index contributed by atoms with van der Waals surface area (Å²) >= 11 is 1.68. The van der Waals surface area contributed by atoms with E-state index in [-0.39, 0.29) is 0 Å². The summed E-state index contributed by atoms with van der Waals surface area (Å²) in [6, 6.07) is 15.8. The minimum Gasteiger partial charge on any atom is -0.506 e. The Morgan fingerprint density at radius 3 is 2.56 bits per heavy atom. The number of rotatable bonds is 1. The summed E-state index contributed by atoms with van der Waals surface area (Å²) in [5.74, 6) is 0.336. The molecule has 1 aliphatic rings. The lowest BCUT2D eigenvalue weighted by atomic mass is 10.2. The summed E-state index contributed by atoms with van der Waals surface area (Å²) in [5.41, 5.74) is 2.19. The van der Waals surface area contributed by atoms with Gasteiger partial charge >= 0.3 is 0 Å². The molecule has 1 heterocycles. The molecule has 80 valence electrons. The molecule has 3 heteroatoms. The largest absolute Gasteiger partial charge is 0.506 e. The molecule has 0 aromatic heterocycles. The van der Waals surface area contributed by atoms with Gasteiger partial charge in [0.25, 0.3) is 0 Å². The number of phenols is 1. The van der Waals surface area contributed by atoms with E-state index >= 15 is 0 Å². The average Bonchev–Trinajstić information content (AvgIpc) is 2.73. The molecule has 1 aliphatic heterocycles. The van der Waals surface area contributed by atoms with Gasteiger partial charge in [-0.3, -0.25) is 0 Å². The molecule has 0 amide bonds. The van der Waals surface area contributed by atoms with Gasteiger partial charge in [-0.05, 0) is 35.7 Å². The molecular weight excluding hydrogens is 218 g/mol. The first-order valence-corrected chi connectivity index (χ1v) is 5.93. The number of phenolic OH excluding ortho intramolecular Hbond substituents is 1. The van der Waals surface area contributed by atoms with Gasteiger partial charge in [0.2, 0.25) is 0 Å². The zero-order valence-corrected chi connectivity index (χ0v) is 9.45. The Bertz CT molecular complexity index is 502. The van der Waals surface area contributed by atoms with E-state index in [2.05, 4.69) is 16.4 Å². The van der Waals surface area contributed by atoms with Crippen molar-refractivity contribution in [2.75, 3.05) is 4.31 Å². The highest BCUT2D eigenvalue weighted by Gasteiger charge is 2.21. The molecule has 0 unspecified atom stereocenters. The van der Waals surface area contributed by atoms with Gasteiger partial charge in [0.05, 0.1) is 12.2 Å². The van der Waals surface area contributed by atoms with Gasteiger partial charge in [0.15, 0.2) is 0 Å². The average molecular weight is 229 g/mol. The zero-order valence-electron chi connectivity index (χ0n) is 8.63. The lowest BCUT2D eigenvalue weighted by Gasteiger charge is -2.16. The van der Waals surface area contributed by atoms with Crippen LogP contribution in [0.15, 0.2) is 53.4 Å². The molecule has 2 aromatic rings. The van der Waals surface area contributed by atoms with E-state index in [0.29, 0.717) is 5.75 Å². The lowest BCUT2D eigenvalue weighted by molar-refractivity contribution is 0.476. The SMILES string of the molecule is Oc1ccccc1N1Cc2ccccc2S1. The number of hydrogen-bond donors (Lipinski definition) is 1.